The van der Waals surface area contributed by atoms with E-state index in [1.54, 1.807) is 18.2 Å². The first kappa shape index (κ1) is 18.4. The van der Waals surface area contributed by atoms with Gasteiger partial charge in [0, 0.05) is 18.3 Å². The molecule has 6 nitrogen and oxygen atoms in total. The summed E-state index contributed by atoms with van der Waals surface area (Å²) in [6.07, 6.45) is 12.0. The van der Waals surface area contributed by atoms with E-state index in [4.69, 9.17) is 5.73 Å². The van der Waals surface area contributed by atoms with Gasteiger partial charge in [0.15, 0.2) is 11.6 Å². The molecule has 0 spiro atoms. The van der Waals surface area contributed by atoms with Gasteiger partial charge in [0.05, 0.1) is 27.5 Å². The molecule has 0 aliphatic heterocycles. The lowest BCUT2D eigenvalue weighted by Gasteiger charge is -2.13. The summed E-state index contributed by atoms with van der Waals surface area (Å²) in [6.45, 7) is 1.30. The average molecular weight is 376 g/mol. The second-order valence-electron chi connectivity index (χ2n) is 7.42. The highest BCUT2D eigenvalue weighted by molar-refractivity contribution is 6.13. The van der Waals surface area contributed by atoms with Crippen LogP contribution in [0.5, 0.6) is 0 Å². The van der Waals surface area contributed by atoms with Gasteiger partial charge in [-0.15, -0.1) is 0 Å². The standard InChI is InChI=1S/C22H24N4O2/c1-26(2)11-9-14-20-16(4-3-5-17(20)27)25-21(14)15-6-7-18(28)19-13(8-10-23)12-24-22(15)19/h3-7,12,24-25H,8-11,23H2,1-2H3. The van der Waals surface area contributed by atoms with Crippen LogP contribution in [-0.4, -0.2) is 53.6 Å². The molecule has 2 aliphatic rings. The number of aromatic amines is 2. The molecule has 0 unspecified atom stereocenters. The maximum absolute atomic E-state index is 12.6. The smallest absolute Gasteiger partial charge is 0.188 e. The number of carbonyl (C=O) groups excluding carboxylic acids is 2. The first-order valence-electron chi connectivity index (χ1n) is 9.47. The fourth-order valence-electron chi connectivity index (χ4n) is 3.94. The quantitative estimate of drug-likeness (QED) is 0.705. The van der Waals surface area contributed by atoms with E-state index in [0.29, 0.717) is 18.5 Å². The normalized spacial score (nSPS) is 17.1. The molecule has 4 rings (SSSR count). The molecule has 2 aromatic heterocycles. The van der Waals surface area contributed by atoms with Crippen molar-refractivity contribution in [2.45, 2.75) is 12.8 Å². The number of allylic oxidation sites excluding steroid dienone is 4. The van der Waals surface area contributed by atoms with Gasteiger partial charge in [-0.05, 0) is 68.9 Å². The second kappa shape index (κ2) is 7.22. The molecule has 0 radical (unpaired) electrons. The van der Waals surface area contributed by atoms with Crippen LogP contribution in [-0.2, 0) is 12.8 Å². The lowest BCUT2D eigenvalue weighted by Crippen LogP contribution is -2.23. The van der Waals surface area contributed by atoms with Crippen molar-refractivity contribution in [3.63, 3.8) is 0 Å². The lowest BCUT2D eigenvalue weighted by molar-refractivity contribution is 0.103. The fraction of sp³-hybridized carbons (Fsp3) is 0.273. The molecule has 2 heterocycles. The Balaban J connectivity index is 1.99. The van der Waals surface area contributed by atoms with Crippen LogP contribution in [0.4, 0.5) is 0 Å². The Bertz CT molecular complexity index is 1140. The Morgan fingerprint density at radius 2 is 1.82 bits per heavy atom. The minimum Gasteiger partial charge on any atom is -0.360 e. The van der Waals surface area contributed by atoms with Crippen LogP contribution in [0.15, 0.2) is 30.5 Å². The maximum atomic E-state index is 12.6. The number of carbonyl (C=O) groups is 2. The van der Waals surface area contributed by atoms with Crippen LogP contribution in [0.2, 0.25) is 0 Å². The van der Waals surface area contributed by atoms with E-state index in [9.17, 15) is 9.59 Å². The first-order valence-corrected chi connectivity index (χ1v) is 9.47. The van der Waals surface area contributed by atoms with Gasteiger partial charge < -0.3 is 20.6 Å². The number of H-pyrrole nitrogens is 2. The molecule has 0 aromatic carbocycles. The minimum absolute atomic E-state index is 0.0146. The Hall–Kier alpha value is -2.96. The molecule has 0 bridgehead atoms. The molecule has 0 saturated carbocycles. The maximum Gasteiger partial charge on any atom is 0.188 e. The van der Waals surface area contributed by atoms with Gasteiger partial charge in [0.1, 0.15) is 0 Å². The number of rotatable bonds is 5. The van der Waals surface area contributed by atoms with Gasteiger partial charge >= 0.3 is 0 Å². The number of nitrogens with zero attached hydrogens (tertiary/aromatic N) is 1. The van der Waals surface area contributed by atoms with Crippen molar-refractivity contribution in [1.82, 2.24) is 14.9 Å². The Morgan fingerprint density at radius 3 is 2.57 bits per heavy atom. The van der Waals surface area contributed by atoms with Crippen LogP contribution in [0, 0.1) is 0 Å². The van der Waals surface area contributed by atoms with Crippen LogP contribution in [0.3, 0.4) is 0 Å². The van der Waals surface area contributed by atoms with Gasteiger partial charge in [0.2, 0.25) is 0 Å². The van der Waals surface area contributed by atoms with Crippen LogP contribution in [0.1, 0.15) is 37.5 Å². The SMILES string of the molecule is CN(C)CCc1c2c([nH]c1=C1C=CC(=O)c3c(CCN)c[nH]c31)=CC=CC2=O. The Labute approximate surface area is 163 Å². The molecular formula is C22H24N4O2. The Morgan fingerprint density at radius 1 is 1.04 bits per heavy atom. The minimum atomic E-state index is -0.0149. The van der Waals surface area contributed by atoms with Gasteiger partial charge in [-0.25, -0.2) is 0 Å². The predicted molar refractivity (Wildman–Crippen MR) is 110 cm³/mol. The van der Waals surface area contributed by atoms with E-state index in [2.05, 4.69) is 14.9 Å². The molecule has 144 valence electrons. The number of fused-ring (bicyclic) bond motifs is 2. The highest BCUT2D eigenvalue weighted by atomic mass is 16.1. The molecule has 0 amide bonds. The number of nitrogens with one attached hydrogen (secondary N) is 2. The zero-order valence-electron chi connectivity index (χ0n) is 16.1. The summed E-state index contributed by atoms with van der Waals surface area (Å²) < 4.78 is 0. The molecule has 4 N–H and O–H groups in total. The fourth-order valence-corrected chi connectivity index (χ4v) is 3.94. The van der Waals surface area contributed by atoms with Crippen LogP contribution in [0.25, 0.3) is 11.6 Å². The topological polar surface area (TPSA) is 95.0 Å². The van der Waals surface area contributed by atoms with Crippen molar-refractivity contribution in [1.29, 1.82) is 0 Å². The molecule has 0 fully saturated rings. The molecular weight excluding hydrogens is 352 g/mol. The third-order valence-electron chi connectivity index (χ3n) is 5.26. The largest absolute Gasteiger partial charge is 0.360 e. The zero-order chi connectivity index (χ0) is 19.8. The third kappa shape index (κ3) is 3.00. The Kier molecular flexibility index (Phi) is 4.75. The summed E-state index contributed by atoms with van der Waals surface area (Å²) in [5.74, 6) is -0.000307. The number of hydrogen-bond acceptors (Lipinski definition) is 4. The number of ketones is 2. The summed E-state index contributed by atoms with van der Waals surface area (Å²) in [6, 6.07) is 0. The molecule has 28 heavy (non-hydrogen) atoms. The van der Waals surface area contributed by atoms with E-state index in [1.165, 1.54) is 0 Å². The summed E-state index contributed by atoms with van der Waals surface area (Å²) >= 11 is 0. The molecule has 2 aromatic rings. The first-order chi connectivity index (χ1) is 13.5. The van der Waals surface area contributed by atoms with Gasteiger partial charge in [0.25, 0.3) is 0 Å². The molecule has 0 saturated heterocycles. The second-order valence-corrected chi connectivity index (χ2v) is 7.42. The van der Waals surface area contributed by atoms with E-state index in [-0.39, 0.29) is 11.6 Å². The monoisotopic (exact) mass is 376 g/mol. The summed E-state index contributed by atoms with van der Waals surface area (Å²) in [5.41, 5.74) is 10.7. The highest BCUT2D eigenvalue weighted by Gasteiger charge is 2.25. The molecule has 2 aliphatic carbocycles. The van der Waals surface area contributed by atoms with Crippen molar-refractivity contribution >= 4 is 23.2 Å². The number of hydrogen-bond donors (Lipinski definition) is 3. The average Bonchev–Trinajstić information content (AvgIpc) is 3.24. The third-order valence-corrected chi connectivity index (χ3v) is 5.26. The molecule has 0 atom stereocenters. The lowest BCUT2D eigenvalue weighted by atomic mass is 9.92. The zero-order valence-corrected chi connectivity index (χ0v) is 16.1. The van der Waals surface area contributed by atoms with Crippen molar-refractivity contribution in [2.75, 3.05) is 27.2 Å². The summed E-state index contributed by atoms with van der Waals surface area (Å²) in [5, 5.41) is 1.72. The molecule has 6 heteroatoms. The van der Waals surface area contributed by atoms with Gasteiger partial charge in [-0.3, -0.25) is 9.59 Å². The highest BCUT2D eigenvalue weighted by Crippen LogP contribution is 2.27. The van der Waals surface area contributed by atoms with Crippen molar-refractivity contribution < 1.29 is 9.59 Å². The number of aromatic nitrogens is 2. The predicted octanol–water partition coefficient (Wildman–Crippen LogP) is 0.433. The van der Waals surface area contributed by atoms with Gasteiger partial charge in [-0.1, -0.05) is 6.08 Å². The number of likely N-dealkylation sites (N-methyl/N-ethyl adjacent to an activating group) is 1. The van der Waals surface area contributed by atoms with Gasteiger partial charge in [-0.2, -0.15) is 0 Å². The summed E-state index contributed by atoms with van der Waals surface area (Å²) in [7, 11) is 4.03. The van der Waals surface area contributed by atoms with E-state index in [1.807, 2.05) is 32.4 Å². The van der Waals surface area contributed by atoms with Crippen LogP contribution >= 0.6 is 0 Å². The van der Waals surface area contributed by atoms with Crippen molar-refractivity contribution in [3.05, 3.63) is 69.1 Å². The van der Waals surface area contributed by atoms with E-state index >= 15 is 0 Å². The van der Waals surface area contributed by atoms with Crippen LogP contribution < -0.4 is 16.4 Å². The van der Waals surface area contributed by atoms with Crippen molar-refractivity contribution in [3.8, 4) is 0 Å². The van der Waals surface area contributed by atoms with E-state index < -0.39 is 0 Å². The summed E-state index contributed by atoms with van der Waals surface area (Å²) in [4.78, 5) is 33.9. The van der Waals surface area contributed by atoms with Crippen molar-refractivity contribution in [2.24, 2.45) is 5.73 Å². The van der Waals surface area contributed by atoms with E-state index in [0.717, 1.165) is 51.6 Å². The number of nitrogens with two attached hydrogens (primary N) is 1.